The van der Waals surface area contributed by atoms with Crippen molar-refractivity contribution in [2.45, 2.75) is 19.8 Å². The van der Waals surface area contributed by atoms with Gasteiger partial charge in [0.15, 0.2) is 0 Å². The van der Waals surface area contributed by atoms with Crippen molar-refractivity contribution in [3.63, 3.8) is 0 Å². The average Bonchev–Trinajstić information content (AvgIpc) is 2.19. The Balaban J connectivity index is 2.60. The van der Waals surface area contributed by atoms with Gasteiger partial charge in [0, 0.05) is 12.8 Å². The monoisotopic (exact) mass is 217 g/mol. The number of Topliss-reactive ketones (excluding diaryl/α,β-unsaturated/α-hetero) is 1. The van der Waals surface area contributed by atoms with Crippen LogP contribution in [0.2, 0.25) is 0 Å². The fraction of sp³-hybridized carbons (Fsp3) is 0.231. The van der Waals surface area contributed by atoms with Crippen molar-refractivity contribution in [2.75, 3.05) is 0 Å². The molecule has 0 atom stereocenters. The van der Waals surface area contributed by atoms with Gasteiger partial charge in [-0.3, -0.25) is 9.59 Å². The number of carbonyl (C=O) groups is 2. The molecule has 0 fully saturated rings. The number of primary amides is 1. The molecule has 0 aliphatic rings. The van der Waals surface area contributed by atoms with Crippen molar-refractivity contribution < 1.29 is 9.59 Å². The molecule has 0 saturated heterocycles. The van der Waals surface area contributed by atoms with Crippen LogP contribution in [0.25, 0.3) is 6.08 Å². The molecule has 1 rings (SSSR count). The van der Waals surface area contributed by atoms with Crippen LogP contribution in [-0.4, -0.2) is 11.7 Å². The summed E-state index contributed by atoms with van der Waals surface area (Å²) in [4.78, 5) is 21.4. The minimum absolute atomic E-state index is 0.150. The van der Waals surface area contributed by atoms with Gasteiger partial charge in [0.2, 0.25) is 5.91 Å². The van der Waals surface area contributed by atoms with Crippen molar-refractivity contribution in [1.82, 2.24) is 0 Å². The first-order valence-electron chi connectivity index (χ1n) is 5.11. The first kappa shape index (κ1) is 12.2. The molecule has 16 heavy (non-hydrogen) atoms. The molecule has 0 bridgehead atoms. The zero-order valence-electron chi connectivity index (χ0n) is 9.27. The van der Waals surface area contributed by atoms with E-state index in [0.29, 0.717) is 6.42 Å². The van der Waals surface area contributed by atoms with E-state index in [-0.39, 0.29) is 18.1 Å². The highest BCUT2D eigenvalue weighted by molar-refractivity contribution is 5.78. The molecule has 0 aromatic heterocycles. The van der Waals surface area contributed by atoms with Gasteiger partial charge in [-0.15, -0.1) is 0 Å². The van der Waals surface area contributed by atoms with Crippen LogP contribution in [0, 0.1) is 0 Å². The molecule has 0 saturated carbocycles. The van der Waals surface area contributed by atoms with E-state index in [1.54, 1.807) is 13.0 Å². The molecule has 0 aliphatic carbocycles. The average molecular weight is 217 g/mol. The van der Waals surface area contributed by atoms with Gasteiger partial charge >= 0.3 is 0 Å². The van der Waals surface area contributed by atoms with Crippen molar-refractivity contribution in [3.05, 3.63) is 41.5 Å². The molecular formula is C13H15NO2. The smallest absolute Gasteiger partial charge is 0.221 e. The van der Waals surface area contributed by atoms with Crippen molar-refractivity contribution in [1.29, 1.82) is 0 Å². The van der Waals surface area contributed by atoms with Gasteiger partial charge in [0.1, 0.15) is 5.78 Å². The molecule has 0 aliphatic heterocycles. The summed E-state index contributed by atoms with van der Waals surface area (Å²) in [6.07, 6.45) is 4.27. The summed E-state index contributed by atoms with van der Waals surface area (Å²) in [7, 11) is 0. The molecule has 3 heteroatoms. The van der Waals surface area contributed by atoms with Crippen LogP contribution in [0.3, 0.4) is 0 Å². The van der Waals surface area contributed by atoms with Gasteiger partial charge in [0.25, 0.3) is 0 Å². The predicted octanol–water partition coefficient (Wildman–Crippen LogP) is 1.71. The number of benzene rings is 1. The van der Waals surface area contributed by atoms with Crippen molar-refractivity contribution >= 4 is 17.8 Å². The molecule has 0 unspecified atom stereocenters. The van der Waals surface area contributed by atoms with Crippen LogP contribution >= 0.6 is 0 Å². The number of nitrogens with two attached hydrogens (primary N) is 1. The van der Waals surface area contributed by atoms with E-state index in [1.165, 1.54) is 0 Å². The molecule has 0 spiro atoms. The van der Waals surface area contributed by atoms with E-state index in [9.17, 15) is 9.59 Å². The third-order valence-corrected chi connectivity index (χ3v) is 2.06. The first-order valence-corrected chi connectivity index (χ1v) is 5.11. The SMILES string of the molecule is CC(=O)Cc1ccc(C=CCC(N)=O)cc1. The Labute approximate surface area is 95.0 Å². The second kappa shape index (κ2) is 5.85. The molecule has 0 heterocycles. The lowest BCUT2D eigenvalue weighted by atomic mass is 10.1. The van der Waals surface area contributed by atoms with Gasteiger partial charge in [-0.05, 0) is 18.1 Å². The summed E-state index contributed by atoms with van der Waals surface area (Å²) in [5, 5.41) is 0. The normalized spacial score (nSPS) is 10.6. The number of ketones is 1. The second-order valence-electron chi connectivity index (χ2n) is 3.69. The third kappa shape index (κ3) is 4.55. The Kier molecular flexibility index (Phi) is 4.45. The van der Waals surface area contributed by atoms with Gasteiger partial charge in [-0.25, -0.2) is 0 Å². The largest absolute Gasteiger partial charge is 0.369 e. The van der Waals surface area contributed by atoms with Crippen LogP contribution in [0.5, 0.6) is 0 Å². The number of hydrogen-bond donors (Lipinski definition) is 1. The zero-order chi connectivity index (χ0) is 12.0. The maximum absolute atomic E-state index is 10.9. The minimum Gasteiger partial charge on any atom is -0.369 e. The number of rotatable bonds is 5. The molecule has 1 aromatic carbocycles. The van der Waals surface area contributed by atoms with Gasteiger partial charge in [-0.2, -0.15) is 0 Å². The number of carbonyl (C=O) groups excluding carboxylic acids is 2. The van der Waals surface area contributed by atoms with Crippen LogP contribution in [0.1, 0.15) is 24.5 Å². The van der Waals surface area contributed by atoms with Crippen molar-refractivity contribution in [2.24, 2.45) is 5.73 Å². The van der Waals surface area contributed by atoms with Gasteiger partial charge in [-0.1, -0.05) is 36.4 Å². The Hall–Kier alpha value is -1.90. The molecular weight excluding hydrogens is 202 g/mol. The summed E-state index contributed by atoms with van der Waals surface area (Å²) in [5.74, 6) is -0.193. The lowest BCUT2D eigenvalue weighted by Gasteiger charge is -1.98. The lowest BCUT2D eigenvalue weighted by molar-refractivity contribution is -0.117. The van der Waals surface area contributed by atoms with E-state index in [4.69, 9.17) is 5.73 Å². The third-order valence-electron chi connectivity index (χ3n) is 2.06. The summed E-state index contributed by atoms with van der Waals surface area (Å²) in [6.45, 7) is 1.57. The Morgan fingerprint density at radius 1 is 1.25 bits per heavy atom. The standard InChI is InChI=1S/C13H15NO2/c1-10(15)9-12-7-5-11(6-8-12)3-2-4-13(14)16/h2-3,5-8H,4,9H2,1H3,(H2,14,16). The fourth-order valence-electron chi connectivity index (χ4n) is 1.35. The number of hydrogen-bond acceptors (Lipinski definition) is 2. The first-order chi connectivity index (χ1) is 7.58. The highest BCUT2D eigenvalue weighted by Gasteiger charge is 1.96. The molecule has 3 nitrogen and oxygen atoms in total. The fourth-order valence-corrected chi connectivity index (χ4v) is 1.35. The van der Waals surface area contributed by atoms with E-state index >= 15 is 0 Å². The number of amides is 1. The quantitative estimate of drug-likeness (QED) is 0.816. The predicted molar refractivity (Wildman–Crippen MR) is 63.7 cm³/mol. The maximum atomic E-state index is 10.9. The Morgan fingerprint density at radius 3 is 2.38 bits per heavy atom. The molecule has 1 amide bonds. The van der Waals surface area contributed by atoms with E-state index in [2.05, 4.69) is 0 Å². The molecule has 0 radical (unpaired) electrons. The zero-order valence-corrected chi connectivity index (χ0v) is 9.27. The highest BCUT2D eigenvalue weighted by Crippen LogP contribution is 2.07. The summed E-state index contributed by atoms with van der Waals surface area (Å²) >= 11 is 0. The molecule has 84 valence electrons. The van der Waals surface area contributed by atoms with Crippen LogP contribution < -0.4 is 5.73 Å². The molecule has 2 N–H and O–H groups in total. The van der Waals surface area contributed by atoms with Gasteiger partial charge in [0.05, 0.1) is 0 Å². The van der Waals surface area contributed by atoms with Crippen LogP contribution in [0.15, 0.2) is 30.3 Å². The topological polar surface area (TPSA) is 60.2 Å². The summed E-state index contributed by atoms with van der Waals surface area (Å²) < 4.78 is 0. The lowest BCUT2D eigenvalue weighted by Crippen LogP contribution is -2.07. The Bertz CT molecular complexity index is 404. The van der Waals surface area contributed by atoms with Crippen molar-refractivity contribution in [3.8, 4) is 0 Å². The summed E-state index contributed by atoms with van der Waals surface area (Å²) in [6, 6.07) is 7.64. The molecule has 1 aromatic rings. The van der Waals surface area contributed by atoms with Crippen LogP contribution in [-0.2, 0) is 16.0 Å². The van der Waals surface area contributed by atoms with E-state index in [1.807, 2.05) is 30.3 Å². The Morgan fingerprint density at radius 2 is 1.88 bits per heavy atom. The highest BCUT2D eigenvalue weighted by atomic mass is 16.1. The second-order valence-corrected chi connectivity index (χ2v) is 3.69. The minimum atomic E-state index is -0.343. The van der Waals surface area contributed by atoms with Crippen LogP contribution in [0.4, 0.5) is 0 Å². The summed E-state index contributed by atoms with van der Waals surface area (Å²) in [5.41, 5.74) is 7.00. The van der Waals surface area contributed by atoms with Gasteiger partial charge < -0.3 is 5.73 Å². The maximum Gasteiger partial charge on any atom is 0.221 e. The van der Waals surface area contributed by atoms with E-state index in [0.717, 1.165) is 11.1 Å². The van der Waals surface area contributed by atoms with E-state index < -0.39 is 0 Å².